The highest BCUT2D eigenvalue weighted by atomic mass is 32.1. The highest BCUT2D eigenvalue weighted by molar-refractivity contribution is 7.07. The van der Waals surface area contributed by atoms with Crippen LogP contribution in [0.25, 0.3) is 0 Å². The summed E-state index contributed by atoms with van der Waals surface area (Å²) in [5, 5.41) is 6.79. The topological polar surface area (TPSA) is 42.0 Å². The van der Waals surface area contributed by atoms with Crippen molar-refractivity contribution in [2.75, 3.05) is 0 Å². The lowest BCUT2D eigenvalue weighted by atomic mass is 10.1. The van der Waals surface area contributed by atoms with Crippen molar-refractivity contribution in [3.05, 3.63) is 52.2 Å². The third kappa shape index (κ3) is 3.13. The van der Waals surface area contributed by atoms with Crippen LogP contribution in [-0.4, -0.2) is 16.9 Å². The maximum atomic E-state index is 13.3. The predicted octanol–water partition coefficient (Wildman–Crippen LogP) is 2.64. The monoisotopic (exact) mass is 264 g/mol. The van der Waals surface area contributed by atoms with Crippen molar-refractivity contribution >= 4 is 17.2 Å². The lowest BCUT2D eigenvalue weighted by molar-refractivity contribution is 0.0935. The molecule has 0 radical (unpaired) electrons. The largest absolute Gasteiger partial charge is 0.349 e. The Hall–Kier alpha value is -1.75. The highest BCUT2D eigenvalue weighted by Gasteiger charge is 2.14. The molecule has 1 amide bonds. The summed E-state index contributed by atoms with van der Waals surface area (Å²) in [7, 11) is 0. The van der Waals surface area contributed by atoms with Gasteiger partial charge in [-0.3, -0.25) is 4.79 Å². The summed E-state index contributed by atoms with van der Waals surface area (Å²) in [4.78, 5) is 15.3. The number of thiophene rings is 1. The van der Waals surface area contributed by atoms with Gasteiger partial charge in [0, 0.05) is 12.2 Å². The lowest BCUT2D eigenvalue weighted by Crippen LogP contribution is -2.34. The quantitative estimate of drug-likeness (QED) is 0.863. The third-order valence-corrected chi connectivity index (χ3v) is 3.24. The first-order chi connectivity index (χ1) is 8.66. The van der Waals surface area contributed by atoms with Crippen LogP contribution in [-0.2, 0) is 6.42 Å². The molecule has 2 rings (SSSR count). The van der Waals surface area contributed by atoms with Crippen LogP contribution in [0.2, 0.25) is 0 Å². The first kappa shape index (κ1) is 12.7. The number of aromatic nitrogens is 1. The van der Waals surface area contributed by atoms with Crippen LogP contribution in [0.15, 0.2) is 35.2 Å². The van der Waals surface area contributed by atoms with Crippen LogP contribution in [0.5, 0.6) is 0 Å². The second kappa shape index (κ2) is 5.73. The summed E-state index contributed by atoms with van der Waals surface area (Å²) in [5.41, 5.74) is 1.15. The zero-order valence-corrected chi connectivity index (χ0v) is 10.7. The Morgan fingerprint density at radius 3 is 3.06 bits per heavy atom. The van der Waals surface area contributed by atoms with Crippen molar-refractivity contribution in [3.63, 3.8) is 0 Å². The van der Waals surface area contributed by atoms with Crippen molar-refractivity contribution in [2.24, 2.45) is 0 Å². The van der Waals surface area contributed by atoms with E-state index in [0.717, 1.165) is 6.42 Å². The summed E-state index contributed by atoms with van der Waals surface area (Å²) in [5.74, 6) is -1.17. The SMILES string of the molecule is CC(Cc1ccsc1)NC(=O)c1cccnc1F. The Bertz CT molecular complexity index is 528. The molecular weight excluding hydrogens is 251 g/mol. The van der Waals surface area contributed by atoms with Gasteiger partial charge in [0.05, 0.1) is 5.56 Å². The van der Waals surface area contributed by atoms with E-state index in [1.807, 2.05) is 23.8 Å². The van der Waals surface area contributed by atoms with Gasteiger partial charge in [0.15, 0.2) is 0 Å². The number of hydrogen-bond acceptors (Lipinski definition) is 3. The third-order valence-electron chi connectivity index (χ3n) is 2.50. The maximum Gasteiger partial charge on any atom is 0.256 e. The fraction of sp³-hybridized carbons (Fsp3) is 0.231. The van der Waals surface area contributed by atoms with Crippen LogP contribution in [0.4, 0.5) is 4.39 Å². The number of carbonyl (C=O) groups excluding carboxylic acids is 1. The lowest BCUT2D eigenvalue weighted by Gasteiger charge is -2.13. The minimum atomic E-state index is -0.738. The summed E-state index contributed by atoms with van der Waals surface area (Å²) in [6.07, 6.45) is 2.05. The zero-order valence-electron chi connectivity index (χ0n) is 9.89. The number of nitrogens with one attached hydrogen (secondary N) is 1. The van der Waals surface area contributed by atoms with E-state index in [-0.39, 0.29) is 11.6 Å². The van der Waals surface area contributed by atoms with Crippen molar-refractivity contribution < 1.29 is 9.18 Å². The summed E-state index contributed by atoms with van der Waals surface area (Å²) >= 11 is 1.62. The minimum Gasteiger partial charge on any atom is -0.349 e. The Morgan fingerprint density at radius 1 is 1.56 bits per heavy atom. The molecule has 1 unspecified atom stereocenters. The number of amides is 1. The van der Waals surface area contributed by atoms with E-state index < -0.39 is 11.9 Å². The highest BCUT2D eigenvalue weighted by Crippen LogP contribution is 2.09. The second-order valence-corrected chi connectivity index (χ2v) is 4.83. The molecule has 0 saturated heterocycles. The van der Waals surface area contributed by atoms with Gasteiger partial charge in [-0.05, 0) is 47.9 Å². The van der Waals surface area contributed by atoms with Crippen molar-refractivity contribution in [1.29, 1.82) is 0 Å². The summed E-state index contributed by atoms with van der Waals surface area (Å²) < 4.78 is 13.3. The van der Waals surface area contributed by atoms with E-state index in [1.54, 1.807) is 17.4 Å². The number of hydrogen-bond donors (Lipinski definition) is 1. The van der Waals surface area contributed by atoms with Gasteiger partial charge in [-0.25, -0.2) is 4.98 Å². The molecule has 1 atom stereocenters. The molecule has 0 aliphatic heterocycles. The summed E-state index contributed by atoms with van der Waals surface area (Å²) in [6.45, 7) is 1.89. The molecule has 0 saturated carbocycles. The van der Waals surface area contributed by atoms with E-state index in [9.17, 15) is 9.18 Å². The molecule has 0 fully saturated rings. The average Bonchev–Trinajstić information content (AvgIpc) is 2.82. The van der Waals surface area contributed by atoms with Crippen LogP contribution >= 0.6 is 11.3 Å². The molecule has 0 aromatic carbocycles. The molecule has 5 heteroatoms. The number of halogens is 1. The Labute approximate surface area is 109 Å². The Balaban J connectivity index is 1.97. The van der Waals surface area contributed by atoms with Gasteiger partial charge >= 0.3 is 0 Å². The molecule has 94 valence electrons. The van der Waals surface area contributed by atoms with Crippen molar-refractivity contribution in [1.82, 2.24) is 10.3 Å². The minimum absolute atomic E-state index is 0.0188. The van der Waals surface area contributed by atoms with E-state index >= 15 is 0 Å². The maximum absolute atomic E-state index is 13.3. The van der Waals surface area contributed by atoms with E-state index in [2.05, 4.69) is 10.3 Å². The molecule has 0 bridgehead atoms. The van der Waals surface area contributed by atoms with Gasteiger partial charge in [0.2, 0.25) is 5.95 Å². The number of carbonyl (C=O) groups is 1. The molecule has 0 aliphatic carbocycles. The molecule has 2 aromatic heterocycles. The first-order valence-corrected chi connectivity index (χ1v) is 6.53. The molecule has 1 N–H and O–H groups in total. The summed E-state index contributed by atoms with van der Waals surface area (Å²) in [6, 6.07) is 4.93. The van der Waals surface area contributed by atoms with Gasteiger partial charge in [0.1, 0.15) is 0 Å². The van der Waals surface area contributed by atoms with E-state index in [4.69, 9.17) is 0 Å². The molecular formula is C13H13FN2OS. The van der Waals surface area contributed by atoms with Gasteiger partial charge in [-0.2, -0.15) is 15.7 Å². The van der Waals surface area contributed by atoms with Gasteiger partial charge in [-0.1, -0.05) is 0 Å². The molecule has 3 nitrogen and oxygen atoms in total. The fourth-order valence-electron chi connectivity index (χ4n) is 1.67. The first-order valence-electron chi connectivity index (χ1n) is 5.59. The van der Waals surface area contributed by atoms with Gasteiger partial charge < -0.3 is 5.32 Å². The molecule has 2 heterocycles. The van der Waals surface area contributed by atoms with Crippen molar-refractivity contribution in [2.45, 2.75) is 19.4 Å². The second-order valence-electron chi connectivity index (χ2n) is 4.05. The fourth-order valence-corrected chi connectivity index (χ4v) is 2.35. The molecule has 2 aromatic rings. The number of rotatable bonds is 4. The smallest absolute Gasteiger partial charge is 0.256 e. The average molecular weight is 264 g/mol. The van der Waals surface area contributed by atoms with Crippen LogP contribution in [0.3, 0.4) is 0 Å². The Kier molecular flexibility index (Phi) is 4.04. The van der Waals surface area contributed by atoms with Crippen molar-refractivity contribution in [3.8, 4) is 0 Å². The van der Waals surface area contributed by atoms with Gasteiger partial charge in [-0.15, -0.1) is 0 Å². The predicted molar refractivity (Wildman–Crippen MR) is 69.1 cm³/mol. The van der Waals surface area contributed by atoms with Crippen LogP contribution < -0.4 is 5.32 Å². The van der Waals surface area contributed by atoms with Crippen LogP contribution in [0.1, 0.15) is 22.8 Å². The molecule has 0 aliphatic rings. The Morgan fingerprint density at radius 2 is 2.39 bits per heavy atom. The number of nitrogens with zero attached hydrogens (tertiary/aromatic N) is 1. The molecule has 0 spiro atoms. The van der Waals surface area contributed by atoms with Crippen LogP contribution in [0, 0.1) is 5.95 Å². The van der Waals surface area contributed by atoms with E-state index in [1.165, 1.54) is 17.8 Å². The van der Waals surface area contributed by atoms with E-state index in [0.29, 0.717) is 0 Å². The normalized spacial score (nSPS) is 12.1. The number of pyridine rings is 1. The zero-order chi connectivity index (χ0) is 13.0. The standard InChI is InChI=1S/C13H13FN2OS/c1-9(7-10-4-6-18-8-10)16-13(17)11-3-2-5-15-12(11)14/h2-6,8-9H,7H2,1H3,(H,16,17). The van der Waals surface area contributed by atoms with Gasteiger partial charge in [0.25, 0.3) is 5.91 Å². The molecule has 18 heavy (non-hydrogen) atoms.